The number of fused-ring (bicyclic) bond motifs is 5. The zero-order valence-corrected chi connectivity index (χ0v) is 17.5. The summed E-state index contributed by atoms with van der Waals surface area (Å²) in [6, 6.07) is 4.70. The lowest BCUT2D eigenvalue weighted by Gasteiger charge is -2.31. The van der Waals surface area contributed by atoms with E-state index in [1.807, 2.05) is 13.8 Å². The maximum Gasteiger partial charge on any atom is 0.534 e. The highest BCUT2D eigenvalue weighted by Gasteiger charge is 2.49. The Balaban J connectivity index is 1.97. The number of pyridine rings is 1. The van der Waals surface area contributed by atoms with Crippen molar-refractivity contribution in [3.05, 3.63) is 51.8 Å². The van der Waals surface area contributed by atoms with Gasteiger partial charge in [-0.2, -0.15) is 21.6 Å². The van der Waals surface area contributed by atoms with Gasteiger partial charge in [0.25, 0.3) is 0 Å². The maximum absolute atomic E-state index is 12.8. The minimum Gasteiger partial charge on any atom is -0.477 e. The van der Waals surface area contributed by atoms with E-state index in [-0.39, 0.29) is 29.0 Å². The predicted octanol–water partition coefficient (Wildman–Crippen LogP) is 3.94. The van der Waals surface area contributed by atoms with E-state index in [1.165, 1.54) is 12.3 Å². The number of rotatable bonds is 4. The second kappa shape index (κ2) is 7.12. The van der Waals surface area contributed by atoms with Crippen LogP contribution in [0.3, 0.4) is 0 Å². The first-order valence-corrected chi connectivity index (χ1v) is 10.8. The van der Waals surface area contributed by atoms with Crippen molar-refractivity contribution in [2.45, 2.75) is 31.8 Å². The normalized spacial score (nSPS) is 16.1. The molecule has 0 radical (unpaired) electrons. The first-order valence-electron chi connectivity index (χ1n) is 9.37. The highest BCUT2D eigenvalue weighted by Crippen LogP contribution is 2.45. The third-order valence-electron chi connectivity index (χ3n) is 5.35. The molecule has 1 aliphatic heterocycles. The molecule has 0 bridgehead atoms. The molecule has 170 valence electrons. The minimum absolute atomic E-state index is 0.0129. The molecule has 0 aliphatic carbocycles. The number of benzene rings is 1. The quantitative estimate of drug-likeness (QED) is 0.453. The second-order valence-electron chi connectivity index (χ2n) is 7.69. The van der Waals surface area contributed by atoms with Crippen molar-refractivity contribution in [1.82, 2.24) is 4.57 Å². The average Bonchev–Trinajstić information content (AvgIpc) is 3.05. The Labute approximate surface area is 179 Å². The van der Waals surface area contributed by atoms with Crippen LogP contribution in [0, 0.1) is 5.92 Å². The summed E-state index contributed by atoms with van der Waals surface area (Å²) >= 11 is 0. The molecule has 3 heterocycles. The summed E-state index contributed by atoms with van der Waals surface area (Å²) in [6.45, 7) is 3.79. The SMILES string of the molecule is CC(C)[C@@H]1Cc2c(oc3c(OS(=O)(=O)C(F)(F)F)cccc23)-c2cc(=O)c(C(=O)O)cn21. The first kappa shape index (κ1) is 21.9. The van der Waals surface area contributed by atoms with Crippen molar-refractivity contribution in [3.8, 4) is 17.2 Å². The van der Waals surface area contributed by atoms with Crippen LogP contribution >= 0.6 is 0 Å². The number of para-hydroxylation sites is 1. The highest BCUT2D eigenvalue weighted by molar-refractivity contribution is 7.88. The third-order valence-corrected chi connectivity index (χ3v) is 6.31. The minimum atomic E-state index is -5.93. The van der Waals surface area contributed by atoms with Gasteiger partial charge in [0, 0.05) is 29.3 Å². The van der Waals surface area contributed by atoms with Crippen molar-refractivity contribution in [1.29, 1.82) is 0 Å². The fourth-order valence-corrected chi connectivity index (χ4v) is 4.28. The van der Waals surface area contributed by atoms with Crippen LogP contribution < -0.4 is 9.61 Å². The fourth-order valence-electron chi connectivity index (χ4n) is 3.82. The number of aromatic nitrogens is 1. The zero-order chi connectivity index (χ0) is 23.6. The lowest BCUT2D eigenvalue weighted by Crippen LogP contribution is -2.28. The Morgan fingerprint density at radius 2 is 2.00 bits per heavy atom. The Morgan fingerprint density at radius 3 is 2.59 bits per heavy atom. The van der Waals surface area contributed by atoms with Crippen LogP contribution in [-0.2, 0) is 16.5 Å². The number of nitrogens with zero attached hydrogens (tertiary/aromatic N) is 1. The van der Waals surface area contributed by atoms with Crippen molar-refractivity contribution in [3.63, 3.8) is 0 Å². The Hall–Kier alpha value is -3.28. The predicted molar refractivity (Wildman–Crippen MR) is 106 cm³/mol. The number of halogens is 3. The molecule has 4 rings (SSSR count). The molecule has 1 N–H and O–H groups in total. The summed E-state index contributed by atoms with van der Waals surface area (Å²) < 4.78 is 73.0. The van der Waals surface area contributed by atoms with E-state index < -0.39 is 38.3 Å². The van der Waals surface area contributed by atoms with Crippen molar-refractivity contribution in [2.75, 3.05) is 0 Å². The zero-order valence-electron chi connectivity index (χ0n) is 16.6. The van der Waals surface area contributed by atoms with Crippen molar-refractivity contribution in [2.24, 2.45) is 5.92 Å². The summed E-state index contributed by atoms with van der Waals surface area (Å²) in [5.74, 6) is -1.92. The van der Waals surface area contributed by atoms with Crippen molar-refractivity contribution < 1.29 is 40.1 Å². The molecule has 1 aliphatic rings. The van der Waals surface area contributed by atoms with E-state index in [0.29, 0.717) is 17.4 Å². The largest absolute Gasteiger partial charge is 0.534 e. The number of hydrogen-bond acceptors (Lipinski definition) is 6. The molecule has 1 atom stereocenters. The summed E-state index contributed by atoms with van der Waals surface area (Å²) in [7, 11) is -5.93. The van der Waals surface area contributed by atoms with E-state index >= 15 is 0 Å². The molecular formula is C20H16F3NO7S. The summed E-state index contributed by atoms with van der Waals surface area (Å²) in [5, 5.41) is 9.64. The maximum atomic E-state index is 12.8. The van der Waals surface area contributed by atoms with E-state index in [9.17, 15) is 36.3 Å². The topological polar surface area (TPSA) is 116 Å². The lowest BCUT2D eigenvalue weighted by atomic mass is 9.89. The Morgan fingerprint density at radius 1 is 1.31 bits per heavy atom. The van der Waals surface area contributed by atoms with Gasteiger partial charge in [0.1, 0.15) is 5.56 Å². The van der Waals surface area contributed by atoms with Crippen molar-refractivity contribution >= 4 is 27.1 Å². The lowest BCUT2D eigenvalue weighted by molar-refractivity contribution is -0.0499. The molecule has 8 nitrogen and oxygen atoms in total. The van der Waals surface area contributed by atoms with Gasteiger partial charge in [-0.05, 0) is 18.4 Å². The van der Waals surface area contributed by atoms with Gasteiger partial charge in [-0.15, -0.1) is 0 Å². The summed E-state index contributed by atoms with van der Waals surface area (Å²) in [6.07, 6.45) is 1.52. The second-order valence-corrected chi connectivity index (χ2v) is 9.23. The van der Waals surface area contributed by atoms with Crippen LogP contribution in [0.1, 0.15) is 35.8 Å². The third kappa shape index (κ3) is 3.34. The van der Waals surface area contributed by atoms with Crippen LogP contribution in [0.5, 0.6) is 5.75 Å². The number of carboxylic acid groups (broad SMARTS) is 1. The highest BCUT2D eigenvalue weighted by atomic mass is 32.2. The molecular weight excluding hydrogens is 455 g/mol. The first-order chi connectivity index (χ1) is 14.8. The summed E-state index contributed by atoms with van der Waals surface area (Å²) in [5.41, 5.74) is -6.26. The monoisotopic (exact) mass is 471 g/mol. The van der Waals surface area contributed by atoms with Crippen LogP contribution in [0.4, 0.5) is 13.2 Å². The van der Waals surface area contributed by atoms with Gasteiger partial charge in [-0.25, -0.2) is 4.79 Å². The van der Waals surface area contributed by atoms with Gasteiger partial charge in [0.05, 0.1) is 5.69 Å². The van der Waals surface area contributed by atoms with E-state index in [4.69, 9.17) is 4.42 Å². The number of carboxylic acids is 1. The van der Waals surface area contributed by atoms with Gasteiger partial charge in [0.15, 0.2) is 22.5 Å². The van der Waals surface area contributed by atoms with Gasteiger partial charge in [-0.1, -0.05) is 26.0 Å². The van der Waals surface area contributed by atoms with Gasteiger partial charge in [-0.3, -0.25) is 4.79 Å². The molecule has 0 fully saturated rings. The van der Waals surface area contributed by atoms with Gasteiger partial charge >= 0.3 is 21.6 Å². The number of alkyl halides is 3. The van der Waals surface area contributed by atoms with Crippen LogP contribution in [0.2, 0.25) is 0 Å². The van der Waals surface area contributed by atoms with Crippen LogP contribution in [0.25, 0.3) is 22.4 Å². The molecule has 32 heavy (non-hydrogen) atoms. The van der Waals surface area contributed by atoms with Gasteiger partial charge < -0.3 is 18.3 Å². The van der Waals surface area contributed by atoms with E-state index in [1.54, 1.807) is 10.6 Å². The number of aromatic carboxylic acids is 1. The van der Waals surface area contributed by atoms with Gasteiger partial charge in [0.2, 0.25) is 0 Å². The fraction of sp³-hybridized carbons (Fsp3) is 0.300. The molecule has 0 amide bonds. The molecule has 0 saturated carbocycles. The summed E-state index contributed by atoms with van der Waals surface area (Å²) in [4.78, 5) is 23.8. The molecule has 1 aromatic carbocycles. The molecule has 0 spiro atoms. The smallest absolute Gasteiger partial charge is 0.477 e. The molecule has 0 saturated heterocycles. The standard InChI is InChI=1S/C20H16F3NO7S/c1-9(2)13-6-11-10-4-3-5-16(31-32(28,29)20(21,22)23)18(10)30-17(11)14-7-15(25)12(19(26)27)8-24(13)14/h3-5,7-9,13H,6H2,1-2H3,(H,26,27)/t13-/m0/s1. The van der Waals surface area contributed by atoms with E-state index in [2.05, 4.69) is 4.18 Å². The van der Waals surface area contributed by atoms with Crippen LogP contribution in [0.15, 0.2) is 39.7 Å². The number of carbonyl (C=O) groups is 1. The Bertz CT molecular complexity index is 1420. The number of furan rings is 1. The molecule has 12 heteroatoms. The molecule has 3 aromatic rings. The molecule has 2 aromatic heterocycles. The van der Waals surface area contributed by atoms with Crippen LogP contribution in [-0.4, -0.2) is 29.6 Å². The average molecular weight is 471 g/mol. The molecule has 0 unspecified atom stereocenters. The Kier molecular flexibility index (Phi) is 4.88. The number of hydrogen-bond donors (Lipinski definition) is 1. The van der Waals surface area contributed by atoms with E-state index in [0.717, 1.165) is 12.1 Å².